The molecule has 5 heteroatoms. The van der Waals surface area contributed by atoms with Crippen LogP contribution >= 0.6 is 11.3 Å². The molecule has 0 unspecified atom stereocenters. The number of thiophene rings is 1. The highest BCUT2D eigenvalue weighted by Crippen LogP contribution is 2.26. The van der Waals surface area contributed by atoms with Crippen molar-refractivity contribution in [3.63, 3.8) is 0 Å². The lowest BCUT2D eigenvalue weighted by molar-refractivity contribution is -0.150. The zero-order chi connectivity index (χ0) is 19.8. The molecule has 0 aliphatic heterocycles. The van der Waals surface area contributed by atoms with E-state index < -0.39 is 0 Å². The van der Waals surface area contributed by atoms with Crippen LogP contribution in [0.1, 0.15) is 41.3 Å². The van der Waals surface area contributed by atoms with Crippen molar-refractivity contribution in [1.29, 1.82) is 0 Å². The van der Waals surface area contributed by atoms with Crippen LogP contribution in [0.2, 0.25) is 0 Å². The van der Waals surface area contributed by atoms with E-state index in [1.165, 1.54) is 0 Å². The van der Waals surface area contributed by atoms with Crippen molar-refractivity contribution < 1.29 is 14.3 Å². The number of esters is 1. The summed E-state index contributed by atoms with van der Waals surface area (Å²) in [6.07, 6.45) is 0.617. The van der Waals surface area contributed by atoms with Gasteiger partial charge in [0.1, 0.15) is 0 Å². The molecular formula is C23H23NO3S. The van der Waals surface area contributed by atoms with E-state index in [4.69, 9.17) is 4.74 Å². The summed E-state index contributed by atoms with van der Waals surface area (Å²) >= 11 is 1.58. The Morgan fingerprint density at radius 2 is 1.57 bits per heavy atom. The summed E-state index contributed by atoms with van der Waals surface area (Å²) in [6, 6.07) is 22.9. The molecule has 0 aliphatic carbocycles. The first kappa shape index (κ1) is 19.8. The van der Waals surface area contributed by atoms with E-state index in [1.54, 1.807) is 11.3 Å². The molecule has 3 aromatic rings. The SMILES string of the molecule is CC[C@H](C(=O)OCC(=O)N[C@H](c1ccccc1)c1cccs1)c1ccccc1. The molecule has 0 aliphatic rings. The van der Waals surface area contributed by atoms with Crippen LogP contribution in [0.4, 0.5) is 0 Å². The maximum atomic E-state index is 12.5. The van der Waals surface area contributed by atoms with Gasteiger partial charge < -0.3 is 10.1 Å². The molecule has 1 amide bonds. The molecule has 0 fully saturated rings. The number of carbonyl (C=O) groups is 2. The number of amides is 1. The third-order valence-corrected chi connectivity index (χ3v) is 5.44. The minimum atomic E-state index is -0.378. The molecule has 0 radical (unpaired) electrons. The van der Waals surface area contributed by atoms with Crippen LogP contribution < -0.4 is 5.32 Å². The van der Waals surface area contributed by atoms with Crippen molar-refractivity contribution in [2.24, 2.45) is 0 Å². The maximum absolute atomic E-state index is 12.5. The third-order valence-electron chi connectivity index (χ3n) is 4.51. The monoisotopic (exact) mass is 393 g/mol. The van der Waals surface area contributed by atoms with Gasteiger partial charge in [0, 0.05) is 4.88 Å². The molecule has 28 heavy (non-hydrogen) atoms. The van der Waals surface area contributed by atoms with Crippen molar-refractivity contribution in [3.8, 4) is 0 Å². The summed E-state index contributed by atoms with van der Waals surface area (Å²) < 4.78 is 5.32. The Labute approximate surface area is 169 Å². The molecule has 0 bridgehead atoms. The minimum Gasteiger partial charge on any atom is -0.455 e. The summed E-state index contributed by atoms with van der Waals surface area (Å²) in [6.45, 7) is 1.64. The zero-order valence-corrected chi connectivity index (χ0v) is 16.5. The van der Waals surface area contributed by atoms with E-state index in [9.17, 15) is 9.59 Å². The number of ether oxygens (including phenoxy) is 1. The quantitative estimate of drug-likeness (QED) is 0.565. The van der Waals surface area contributed by atoms with Crippen molar-refractivity contribution in [2.45, 2.75) is 25.3 Å². The summed E-state index contributed by atoms with van der Waals surface area (Å²) in [4.78, 5) is 26.0. The van der Waals surface area contributed by atoms with E-state index in [0.717, 1.165) is 16.0 Å². The van der Waals surface area contributed by atoms with Gasteiger partial charge >= 0.3 is 5.97 Å². The topological polar surface area (TPSA) is 55.4 Å². The van der Waals surface area contributed by atoms with Crippen molar-refractivity contribution in [2.75, 3.05) is 6.61 Å². The Morgan fingerprint density at radius 1 is 0.929 bits per heavy atom. The Hall–Kier alpha value is -2.92. The number of carbonyl (C=O) groups excluding carboxylic acids is 2. The van der Waals surface area contributed by atoms with Crippen LogP contribution in [0.25, 0.3) is 0 Å². The average Bonchev–Trinajstić information content (AvgIpc) is 3.27. The van der Waals surface area contributed by atoms with Crippen molar-refractivity contribution in [1.82, 2.24) is 5.32 Å². The molecule has 0 saturated heterocycles. The molecule has 0 spiro atoms. The molecule has 1 N–H and O–H groups in total. The van der Waals surface area contributed by atoms with E-state index in [0.29, 0.717) is 6.42 Å². The molecule has 4 nitrogen and oxygen atoms in total. The Kier molecular flexibility index (Phi) is 6.98. The van der Waals surface area contributed by atoms with Gasteiger partial charge in [-0.2, -0.15) is 0 Å². The smallest absolute Gasteiger partial charge is 0.313 e. The standard InChI is InChI=1S/C23H23NO3S/c1-2-19(17-10-5-3-6-11-17)23(26)27-16-21(25)24-22(20-14-9-15-28-20)18-12-7-4-8-13-18/h3-15,19,22H,2,16H2,1H3,(H,24,25)/t19-,22+/m0/s1. The summed E-state index contributed by atoms with van der Waals surface area (Å²) in [5.41, 5.74) is 1.89. The summed E-state index contributed by atoms with van der Waals surface area (Å²) in [5, 5.41) is 4.96. The Balaban J connectivity index is 1.63. The minimum absolute atomic E-state index is 0.261. The first-order valence-electron chi connectivity index (χ1n) is 9.28. The number of benzene rings is 2. The predicted octanol–water partition coefficient (Wildman–Crippen LogP) is 4.69. The van der Waals surface area contributed by atoms with Gasteiger partial charge in [-0.05, 0) is 29.0 Å². The zero-order valence-electron chi connectivity index (χ0n) is 15.7. The maximum Gasteiger partial charge on any atom is 0.313 e. The predicted molar refractivity (Wildman–Crippen MR) is 111 cm³/mol. The van der Waals surface area contributed by atoms with E-state index >= 15 is 0 Å². The van der Waals surface area contributed by atoms with Crippen LogP contribution in [0.5, 0.6) is 0 Å². The first-order valence-corrected chi connectivity index (χ1v) is 10.2. The molecule has 0 saturated carbocycles. The lowest BCUT2D eigenvalue weighted by Gasteiger charge is -2.19. The molecule has 1 heterocycles. The fourth-order valence-corrected chi connectivity index (χ4v) is 3.89. The second-order valence-corrected chi connectivity index (χ2v) is 7.39. The highest BCUT2D eigenvalue weighted by atomic mass is 32.1. The van der Waals surface area contributed by atoms with Gasteiger partial charge in [0.15, 0.2) is 6.61 Å². The molecule has 2 atom stereocenters. The van der Waals surface area contributed by atoms with Crippen LogP contribution in [-0.4, -0.2) is 18.5 Å². The van der Waals surface area contributed by atoms with Gasteiger partial charge in [-0.25, -0.2) is 0 Å². The summed E-state index contributed by atoms with van der Waals surface area (Å²) in [7, 11) is 0. The molecule has 144 valence electrons. The van der Waals surface area contributed by atoms with Gasteiger partial charge in [-0.15, -0.1) is 11.3 Å². The van der Waals surface area contributed by atoms with E-state index in [1.807, 2.05) is 85.1 Å². The van der Waals surface area contributed by atoms with Gasteiger partial charge in [0.05, 0.1) is 12.0 Å². The molecule has 1 aromatic heterocycles. The molecule has 2 aromatic carbocycles. The summed E-state index contributed by atoms with van der Waals surface area (Å²) in [5.74, 6) is -1.06. The lowest BCUT2D eigenvalue weighted by atomic mass is 9.97. The fourth-order valence-electron chi connectivity index (χ4n) is 3.08. The number of hydrogen-bond acceptors (Lipinski definition) is 4. The molecule has 3 rings (SSSR count). The van der Waals surface area contributed by atoms with Crippen LogP contribution in [0.3, 0.4) is 0 Å². The fraction of sp³-hybridized carbons (Fsp3) is 0.217. The van der Waals surface area contributed by atoms with E-state index in [-0.39, 0.29) is 30.4 Å². The van der Waals surface area contributed by atoms with Gasteiger partial charge in [-0.3, -0.25) is 9.59 Å². The lowest BCUT2D eigenvalue weighted by Crippen LogP contribution is -2.33. The van der Waals surface area contributed by atoms with Gasteiger partial charge in [-0.1, -0.05) is 73.7 Å². The molecular weight excluding hydrogens is 370 g/mol. The van der Waals surface area contributed by atoms with Gasteiger partial charge in [0.2, 0.25) is 0 Å². The van der Waals surface area contributed by atoms with E-state index in [2.05, 4.69) is 5.32 Å². The normalized spacial score (nSPS) is 12.8. The highest BCUT2D eigenvalue weighted by Gasteiger charge is 2.22. The number of hydrogen-bond donors (Lipinski definition) is 1. The largest absolute Gasteiger partial charge is 0.455 e. The van der Waals surface area contributed by atoms with Crippen LogP contribution in [-0.2, 0) is 14.3 Å². The third kappa shape index (κ3) is 5.08. The second-order valence-electron chi connectivity index (χ2n) is 6.41. The Morgan fingerprint density at radius 3 is 2.14 bits per heavy atom. The first-order chi connectivity index (χ1) is 13.7. The number of nitrogens with one attached hydrogen (secondary N) is 1. The second kappa shape index (κ2) is 9.85. The van der Waals surface area contributed by atoms with Crippen molar-refractivity contribution >= 4 is 23.2 Å². The van der Waals surface area contributed by atoms with Crippen LogP contribution in [0.15, 0.2) is 78.2 Å². The highest BCUT2D eigenvalue weighted by molar-refractivity contribution is 7.10. The van der Waals surface area contributed by atoms with Crippen LogP contribution in [0, 0.1) is 0 Å². The number of rotatable bonds is 8. The Bertz CT molecular complexity index is 879. The average molecular weight is 394 g/mol. The van der Waals surface area contributed by atoms with Gasteiger partial charge in [0.25, 0.3) is 5.91 Å². The van der Waals surface area contributed by atoms with Crippen molar-refractivity contribution in [3.05, 3.63) is 94.2 Å².